The maximum absolute atomic E-state index is 5.78. The molecule has 4 heteroatoms. The first-order valence-corrected chi connectivity index (χ1v) is 8.11. The fourth-order valence-corrected chi connectivity index (χ4v) is 3.22. The van der Waals surface area contributed by atoms with Crippen molar-refractivity contribution in [1.29, 1.82) is 0 Å². The monoisotopic (exact) mass is 304 g/mol. The second-order valence-electron chi connectivity index (χ2n) is 6.14. The van der Waals surface area contributed by atoms with E-state index < -0.39 is 0 Å². The van der Waals surface area contributed by atoms with E-state index in [0.29, 0.717) is 5.92 Å². The molecule has 0 saturated carbocycles. The second kappa shape index (κ2) is 5.97. The Morgan fingerprint density at radius 3 is 2.78 bits per heavy atom. The van der Waals surface area contributed by atoms with Gasteiger partial charge >= 0.3 is 0 Å². The zero-order valence-corrected chi connectivity index (χ0v) is 13.0. The van der Waals surface area contributed by atoms with Gasteiger partial charge < -0.3 is 10.6 Å². The third-order valence-corrected chi connectivity index (χ3v) is 4.59. The highest BCUT2D eigenvalue weighted by molar-refractivity contribution is 5.86. The summed E-state index contributed by atoms with van der Waals surface area (Å²) in [5.41, 5.74) is 7.88. The number of anilines is 1. The molecule has 0 spiro atoms. The Bertz CT molecular complexity index is 830. The molecular formula is C19H20N4. The van der Waals surface area contributed by atoms with Gasteiger partial charge in [-0.1, -0.05) is 36.4 Å². The Hall–Kier alpha value is -2.46. The summed E-state index contributed by atoms with van der Waals surface area (Å²) in [7, 11) is 0. The molecular weight excluding hydrogens is 284 g/mol. The Morgan fingerprint density at radius 1 is 1.09 bits per heavy atom. The molecule has 2 heterocycles. The molecule has 4 nitrogen and oxygen atoms in total. The molecule has 1 aliphatic heterocycles. The van der Waals surface area contributed by atoms with Crippen LogP contribution in [0.25, 0.3) is 22.0 Å². The highest BCUT2D eigenvalue weighted by Crippen LogP contribution is 2.25. The third kappa shape index (κ3) is 2.78. The molecule has 1 aliphatic rings. The van der Waals surface area contributed by atoms with Crippen molar-refractivity contribution in [3.63, 3.8) is 0 Å². The minimum atomic E-state index is 0.558. The minimum absolute atomic E-state index is 0.558. The number of nitrogens with zero attached hydrogens (tertiary/aromatic N) is 3. The van der Waals surface area contributed by atoms with Crippen LogP contribution >= 0.6 is 0 Å². The first-order valence-electron chi connectivity index (χ1n) is 8.11. The van der Waals surface area contributed by atoms with E-state index in [1.54, 1.807) is 0 Å². The average molecular weight is 304 g/mol. The summed E-state index contributed by atoms with van der Waals surface area (Å²) < 4.78 is 0. The predicted molar refractivity (Wildman–Crippen MR) is 94.3 cm³/mol. The standard InChI is InChI=1S/C19H20N4/c20-12-14-8-10-23(13-14)19-21-9-7-18(22-19)17-6-5-15-3-1-2-4-16(15)11-17/h1-7,9,11,14H,8,10,12-13,20H2. The van der Waals surface area contributed by atoms with E-state index in [1.807, 2.05) is 12.3 Å². The summed E-state index contributed by atoms with van der Waals surface area (Å²) in [6.45, 7) is 2.68. The summed E-state index contributed by atoms with van der Waals surface area (Å²) in [6.07, 6.45) is 2.97. The van der Waals surface area contributed by atoms with Crippen molar-refractivity contribution in [2.75, 3.05) is 24.5 Å². The number of hydrogen-bond acceptors (Lipinski definition) is 4. The molecule has 4 rings (SSSR count). The van der Waals surface area contributed by atoms with Crippen LogP contribution in [0.2, 0.25) is 0 Å². The molecule has 1 aromatic heterocycles. The summed E-state index contributed by atoms with van der Waals surface area (Å²) in [5.74, 6) is 1.37. The Morgan fingerprint density at radius 2 is 1.96 bits per heavy atom. The van der Waals surface area contributed by atoms with Gasteiger partial charge in [0.1, 0.15) is 0 Å². The van der Waals surface area contributed by atoms with Crippen molar-refractivity contribution in [1.82, 2.24) is 9.97 Å². The van der Waals surface area contributed by atoms with Gasteiger partial charge in [-0.2, -0.15) is 0 Å². The molecule has 1 fully saturated rings. The molecule has 0 amide bonds. The summed E-state index contributed by atoms with van der Waals surface area (Å²) >= 11 is 0. The highest BCUT2D eigenvalue weighted by atomic mass is 15.3. The lowest BCUT2D eigenvalue weighted by Gasteiger charge is -2.16. The average Bonchev–Trinajstić information content (AvgIpc) is 3.11. The van der Waals surface area contributed by atoms with Crippen LogP contribution in [-0.2, 0) is 0 Å². The van der Waals surface area contributed by atoms with Crippen LogP contribution in [-0.4, -0.2) is 29.6 Å². The van der Waals surface area contributed by atoms with Crippen LogP contribution in [0.5, 0.6) is 0 Å². The summed E-state index contributed by atoms with van der Waals surface area (Å²) in [6, 6.07) is 16.8. The Labute approximate surface area is 136 Å². The maximum Gasteiger partial charge on any atom is 0.225 e. The van der Waals surface area contributed by atoms with Crippen LogP contribution in [0.1, 0.15) is 6.42 Å². The fourth-order valence-electron chi connectivity index (χ4n) is 3.22. The molecule has 1 unspecified atom stereocenters. The predicted octanol–water partition coefficient (Wildman–Crippen LogP) is 3.08. The fraction of sp³-hybridized carbons (Fsp3) is 0.263. The zero-order chi connectivity index (χ0) is 15.6. The minimum Gasteiger partial charge on any atom is -0.340 e. The Balaban J connectivity index is 1.67. The third-order valence-electron chi connectivity index (χ3n) is 4.59. The quantitative estimate of drug-likeness (QED) is 0.808. The smallest absolute Gasteiger partial charge is 0.225 e. The van der Waals surface area contributed by atoms with E-state index in [4.69, 9.17) is 10.7 Å². The molecule has 0 radical (unpaired) electrons. The van der Waals surface area contributed by atoms with Gasteiger partial charge in [0.15, 0.2) is 0 Å². The molecule has 0 aliphatic carbocycles. The molecule has 2 N–H and O–H groups in total. The largest absolute Gasteiger partial charge is 0.340 e. The zero-order valence-electron chi connectivity index (χ0n) is 13.0. The van der Waals surface area contributed by atoms with Crippen molar-refractivity contribution in [2.24, 2.45) is 11.7 Å². The van der Waals surface area contributed by atoms with Gasteiger partial charge in [0.25, 0.3) is 0 Å². The summed E-state index contributed by atoms with van der Waals surface area (Å²) in [5, 5.41) is 2.48. The number of nitrogens with two attached hydrogens (primary N) is 1. The topological polar surface area (TPSA) is 55.0 Å². The van der Waals surface area contributed by atoms with Crippen molar-refractivity contribution in [3.05, 3.63) is 54.7 Å². The lowest BCUT2D eigenvalue weighted by molar-refractivity contribution is 0.602. The van der Waals surface area contributed by atoms with Gasteiger partial charge in [0, 0.05) is 24.8 Å². The first kappa shape index (κ1) is 14.2. The van der Waals surface area contributed by atoms with Crippen molar-refractivity contribution in [2.45, 2.75) is 6.42 Å². The normalized spacial score (nSPS) is 17.8. The van der Waals surface area contributed by atoms with Crippen LogP contribution in [0, 0.1) is 5.92 Å². The van der Waals surface area contributed by atoms with Crippen LogP contribution in [0.3, 0.4) is 0 Å². The molecule has 1 atom stereocenters. The number of fused-ring (bicyclic) bond motifs is 1. The Kier molecular flexibility index (Phi) is 3.67. The SMILES string of the molecule is NCC1CCN(c2nccc(-c3ccc4ccccc4c3)n2)C1. The van der Waals surface area contributed by atoms with Gasteiger partial charge in [0.05, 0.1) is 5.69 Å². The van der Waals surface area contributed by atoms with Crippen LogP contribution < -0.4 is 10.6 Å². The first-order chi connectivity index (χ1) is 11.3. The molecule has 2 aromatic carbocycles. The van der Waals surface area contributed by atoms with Gasteiger partial charge in [0.2, 0.25) is 5.95 Å². The van der Waals surface area contributed by atoms with E-state index in [9.17, 15) is 0 Å². The van der Waals surface area contributed by atoms with Gasteiger partial charge in [-0.25, -0.2) is 9.97 Å². The van der Waals surface area contributed by atoms with E-state index >= 15 is 0 Å². The van der Waals surface area contributed by atoms with Crippen LogP contribution in [0.4, 0.5) is 5.95 Å². The number of aromatic nitrogens is 2. The van der Waals surface area contributed by atoms with Crippen molar-refractivity contribution in [3.8, 4) is 11.3 Å². The molecule has 116 valence electrons. The number of rotatable bonds is 3. The van der Waals surface area contributed by atoms with E-state index in [1.165, 1.54) is 10.8 Å². The van der Waals surface area contributed by atoms with Crippen molar-refractivity contribution >= 4 is 16.7 Å². The molecule has 0 bridgehead atoms. The lowest BCUT2D eigenvalue weighted by Crippen LogP contribution is -2.24. The summed E-state index contributed by atoms with van der Waals surface area (Å²) in [4.78, 5) is 11.5. The van der Waals surface area contributed by atoms with Gasteiger partial charge in [-0.3, -0.25) is 0 Å². The van der Waals surface area contributed by atoms with Gasteiger partial charge in [-0.15, -0.1) is 0 Å². The molecule has 3 aromatic rings. The highest BCUT2D eigenvalue weighted by Gasteiger charge is 2.23. The molecule has 23 heavy (non-hydrogen) atoms. The second-order valence-corrected chi connectivity index (χ2v) is 6.14. The molecule has 1 saturated heterocycles. The van der Waals surface area contributed by atoms with E-state index in [2.05, 4.69) is 52.3 Å². The lowest BCUT2D eigenvalue weighted by atomic mass is 10.1. The van der Waals surface area contributed by atoms with E-state index in [0.717, 1.165) is 43.3 Å². The van der Waals surface area contributed by atoms with E-state index in [-0.39, 0.29) is 0 Å². The maximum atomic E-state index is 5.78. The van der Waals surface area contributed by atoms with Crippen LogP contribution in [0.15, 0.2) is 54.7 Å². The number of benzene rings is 2. The van der Waals surface area contributed by atoms with Crippen molar-refractivity contribution < 1.29 is 0 Å². The number of hydrogen-bond donors (Lipinski definition) is 1. The van der Waals surface area contributed by atoms with Gasteiger partial charge in [-0.05, 0) is 41.8 Å².